The molecule has 2 rings (SSSR count). The highest BCUT2D eigenvalue weighted by atomic mass is 19.4. The van der Waals surface area contributed by atoms with Crippen LogP contribution < -0.4 is 5.32 Å². The molecule has 0 heterocycles. The maximum absolute atomic E-state index is 12.7. The third-order valence-electron chi connectivity index (χ3n) is 4.97. The first-order chi connectivity index (χ1) is 14.3. The molecule has 0 aliphatic carbocycles. The van der Waals surface area contributed by atoms with E-state index in [0.29, 0.717) is 18.7 Å². The summed E-state index contributed by atoms with van der Waals surface area (Å²) in [6.07, 6.45) is -4.36. The van der Waals surface area contributed by atoms with Gasteiger partial charge in [0, 0.05) is 19.6 Å². The van der Waals surface area contributed by atoms with Crippen LogP contribution in [0.25, 0.3) is 11.1 Å². The number of carbonyl (C=O) groups is 1. The van der Waals surface area contributed by atoms with Crippen LogP contribution in [-0.2, 0) is 12.7 Å². The van der Waals surface area contributed by atoms with Crippen LogP contribution in [0.1, 0.15) is 25.0 Å². The molecule has 0 fully saturated rings. The molecule has 0 saturated heterocycles. The lowest BCUT2D eigenvalue weighted by Gasteiger charge is -2.26. The summed E-state index contributed by atoms with van der Waals surface area (Å²) in [7, 11) is 0. The summed E-state index contributed by atoms with van der Waals surface area (Å²) < 4.78 is 38.2. The summed E-state index contributed by atoms with van der Waals surface area (Å²) in [4.78, 5) is 16.1. The van der Waals surface area contributed by atoms with E-state index in [2.05, 4.69) is 24.1 Å². The summed E-state index contributed by atoms with van der Waals surface area (Å²) in [5.41, 5.74) is 1.69. The highest BCUT2D eigenvalue weighted by Crippen LogP contribution is 2.31. The van der Waals surface area contributed by atoms with Crippen LogP contribution >= 0.6 is 0 Å². The van der Waals surface area contributed by atoms with Crippen LogP contribution in [0.2, 0.25) is 0 Å². The second kappa shape index (κ2) is 11.0. The van der Waals surface area contributed by atoms with E-state index in [0.717, 1.165) is 42.9 Å². The molecule has 0 saturated carbocycles. The largest absolute Gasteiger partial charge is 0.416 e. The minimum Gasteiger partial charge on any atom is -0.376 e. The lowest BCUT2D eigenvalue weighted by atomic mass is 10.0. The molecule has 0 unspecified atom stereocenters. The van der Waals surface area contributed by atoms with Gasteiger partial charge in [0.2, 0.25) is 0 Å². The van der Waals surface area contributed by atoms with E-state index in [-0.39, 0.29) is 6.03 Å². The van der Waals surface area contributed by atoms with E-state index >= 15 is 0 Å². The van der Waals surface area contributed by atoms with Crippen molar-refractivity contribution in [2.75, 3.05) is 32.9 Å². The zero-order valence-electron chi connectivity index (χ0n) is 17.2. The average Bonchev–Trinajstić information content (AvgIpc) is 2.73. The lowest BCUT2D eigenvalue weighted by Crippen LogP contribution is -2.43. The first-order valence-electron chi connectivity index (χ1n) is 9.91. The van der Waals surface area contributed by atoms with Gasteiger partial charge in [0.05, 0.1) is 5.56 Å². The Bertz CT molecular complexity index is 789. The lowest BCUT2D eigenvalue weighted by molar-refractivity contribution is -0.137. The Balaban J connectivity index is 2.09. The van der Waals surface area contributed by atoms with Gasteiger partial charge in [-0.2, -0.15) is 13.2 Å². The Labute approximate surface area is 175 Å². The number of alkyl halides is 3. The van der Waals surface area contributed by atoms with Gasteiger partial charge in [-0.3, -0.25) is 0 Å². The molecule has 0 aromatic heterocycles. The minimum absolute atomic E-state index is 0.350. The standard InChI is InChI=1S/C22H28F3N3O2/c1-3-27(4-2)13-14-28(21(30)26-16-29)15-17-5-7-18(8-6-17)19-9-11-20(12-10-19)22(23,24)25/h5-12,29H,3-4,13-16H2,1-2H3,(H,26,30). The fraction of sp³-hybridized carbons (Fsp3) is 0.409. The molecular weight excluding hydrogens is 395 g/mol. The molecule has 5 nitrogen and oxygen atoms in total. The molecular formula is C22H28F3N3O2. The predicted molar refractivity (Wildman–Crippen MR) is 111 cm³/mol. The number of likely N-dealkylation sites (N-methyl/N-ethyl adjacent to an activating group) is 1. The summed E-state index contributed by atoms with van der Waals surface area (Å²) in [5.74, 6) is 0. The molecule has 2 N–H and O–H groups in total. The molecule has 0 aliphatic rings. The number of urea groups is 1. The summed E-state index contributed by atoms with van der Waals surface area (Å²) in [6.45, 7) is 7.03. The first kappa shape index (κ1) is 23.7. The molecule has 0 atom stereocenters. The Morgan fingerprint density at radius 2 is 1.47 bits per heavy atom. The number of amides is 2. The third kappa shape index (κ3) is 6.74. The Morgan fingerprint density at radius 1 is 0.933 bits per heavy atom. The minimum atomic E-state index is -4.36. The quantitative estimate of drug-likeness (QED) is 0.595. The molecule has 2 aromatic carbocycles. The number of aliphatic hydroxyl groups excluding tert-OH is 1. The number of nitrogens with zero attached hydrogens (tertiary/aromatic N) is 2. The molecule has 0 bridgehead atoms. The third-order valence-corrected chi connectivity index (χ3v) is 4.97. The van der Waals surface area contributed by atoms with Crippen molar-refractivity contribution in [3.05, 3.63) is 59.7 Å². The number of hydrogen-bond donors (Lipinski definition) is 2. The number of rotatable bonds is 9. The van der Waals surface area contributed by atoms with Gasteiger partial charge in [-0.25, -0.2) is 4.79 Å². The summed E-state index contributed by atoms with van der Waals surface area (Å²) in [6, 6.07) is 12.0. The van der Waals surface area contributed by atoms with Gasteiger partial charge in [-0.1, -0.05) is 50.2 Å². The Morgan fingerprint density at radius 3 is 1.93 bits per heavy atom. The predicted octanol–water partition coefficient (Wildman–Crippen LogP) is 4.18. The van der Waals surface area contributed by atoms with Crippen LogP contribution in [0.5, 0.6) is 0 Å². The van der Waals surface area contributed by atoms with Crippen LogP contribution in [0.4, 0.5) is 18.0 Å². The van der Waals surface area contributed by atoms with Crippen LogP contribution in [0.15, 0.2) is 48.5 Å². The molecule has 164 valence electrons. The van der Waals surface area contributed by atoms with E-state index in [1.54, 1.807) is 4.90 Å². The van der Waals surface area contributed by atoms with Crippen LogP contribution in [-0.4, -0.2) is 53.8 Å². The van der Waals surface area contributed by atoms with Gasteiger partial charge < -0.3 is 20.2 Å². The van der Waals surface area contributed by atoms with Gasteiger partial charge in [-0.05, 0) is 41.9 Å². The highest BCUT2D eigenvalue weighted by Gasteiger charge is 2.29. The maximum Gasteiger partial charge on any atom is 0.416 e. The molecule has 8 heteroatoms. The summed E-state index contributed by atoms with van der Waals surface area (Å²) >= 11 is 0. The topological polar surface area (TPSA) is 55.8 Å². The van der Waals surface area contributed by atoms with E-state index in [4.69, 9.17) is 5.11 Å². The van der Waals surface area contributed by atoms with E-state index in [1.165, 1.54) is 12.1 Å². The zero-order valence-corrected chi connectivity index (χ0v) is 17.2. The van der Waals surface area contributed by atoms with E-state index in [1.807, 2.05) is 24.3 Å². The van der Waals surface area contributed by atoms with E-state index < -0.39 is 18.5 Å². The molecule has 0 radical (unpaired) electrons. The molecule has 0 spiro atoms. The Kier molecular flexibility index (Phi) is 8.68. The van der Waals surface area contributed by atoms with Crippen molar-refractivity contribution < 1.29 is 23.1 Å². The fourth-order valence-corrected chi connectivity index (χ4v) is 3.11. The van der Waals surface area contributed by atoms with Crippen LogP contribution in [0.3, 0.4) is 0 Å². The van der Waals surface area contributed by atoms with Gasteiger partial charge in [0.1, 0.15) is 6.73 Å². The maximum atomic E-state index is 12.7. The number of aliphatic hydroxyl groups is 1. The van der Waals surface area contributed by atoms with Crippen LogP contribution in [0, 0.1) is 0 Å². The number of halogens is 3. The second-order valence-electron chi connectivity index (χ2n) is 6.86. The summed E-state index contributed by atoms with van der Waals surface area (Å²) in [5, 5.41) is 11.4. The number of hydrogen-bond acceptors (Lipinski definition) is 3. The normalized spacial score (nSPS) is 11.6. The van der Waals surface area contributed by atoms with Crippen molar-refractivity contribution >= 4 is 6.03 Å². The number of nitrogens with one attached hydrogen (secondary N) is 1. The Hall–Kier alpha value is -2.58. The van der Waals surface area contributed by atoms with Crippen molar-refractivity contribution in [1.82, 2.24) is 15.1 Å². The highest BCUT2D eigenvalue weighted by molar-refractivity contribution is 5.74. The molecule has 0 aliphatic heterocycles. The average molecular weight is 423 g/mol. The molecule has 2 amide bonds. The smallest absolute Gasteiger partial charge is 0.376 e. The van der Waals surface area contributed by atoms with E-state index in [9.17, 15) is 18.0 Å². The molecule has 30 heavy (non-hydrogen) atoms. The number of carbonyl (C=O) groups excluding carboxylic acids is 1. The molecule has 2 aromatic rings. The monoisotopic (exact) mass is 423 g/mol. The SMILES string of the molecule is CCN(CC)CCN(Cc1ccc(-c2ccc(C(F)(F)F)cc2)cc1)C(=O)NCO. The fourth-order valence-electron chi connectivity index (χ4n) is 3.11. The van der Waals surface area contributed by atoms with Crippen molar-refractivity contribution in [2.24, 2.45) is 0 Å². The second-order valence-corrected chi connectivity index (χ2v) is 6.86. The van der Waals surface area contributed by atoms with Gasteiger partial charge in [0.15, 0.2) is 0 Å². The van der Waals surface area contributed by atoms with Gasteiger partial charge in [0.25, 0.3) is 0 Å². The van der Waals surface area contributed by atoms with Gasteiger partial charge >= 0.3 is 12.2 Å². The van der Waals surface area contributed by atoms with Crippen molar-refractivity contribution in [2.45, 2.75) is 26.6 Å². The van der Waals surface area contributed by atoms with Gasteiger partial charge in [-0.15, -0.1) is 0 Å². The van der Waals surface area contributed by atoms with Crippen molar-refractivity contribution in [3.63, 3.8) is 0 Å². The van der Waals surface area contributed by atoms with Crippen molar-refractivity contribution in [1.29, 1.82) is 0 Å². The first-order valence-corrected chi connectivity index (χ1v) is 9.91. The zero-order chi connectivity index (χ0) is 22.1. The van der Waals surface area contributed by atoms with Crippen molar-refractivity contribution in [3.8, 4) is 11.1 Å². The number of benzene rings is 2.